The fraction of sp³-hybridized carbons (Fsp3) is 0.512. The molecular weight excluding hydrogens is 857 g/mol. The molecule has 0 saturated carbocycles. The van der Waals surface area contributed by atoms with Crippen molar-refractivity contribution in [2.45, 2.75) is 113 Å². The summed E-state index contributed by atoms with van der Waals surface area (Å²) in [4.78, 5) is 33.4. The Bertz CT molecular complexity index is 2300. The van der Waals surface area contributed by atoms with Crippen LogP contribution in [0.2, 0.25) is 0 Å². The number of benzene rings is 3. The van der Waals surface area contributed by atoms with E-state index in [0.717, 1.165) is 61.1 Å². The molecule has 334 valence electrons. The van der Waals surface area contributed by atoms with E-state index >= 15 is 0 Å². The third kappa shape index (κ3) is 13.4. The Kier molecular flexibility index (Phi) is 16.7. The molecule has 2 heterocycles. The molecule has 0 bridgehead atoms. The highest BCUT2D eigenvalue weighted by molar-refractivity contribution is 7.92. The number of carbonyl (C=O) groups excluding carboxylic acids is 2. The van der Waals surface area contributed by atoms with Crippen molar-refractivity contribution in [2.75, 3.05) is 25.4 Å². The minimum absolute atomic E-state index is 0.0467. The fourth-order valence-corrected chi connectivity index (χ4v) is 11.4. The van der Waals surface area contributed by atoms with Gasteiger partial charge in [0.15, 0.2) is 9.84 Å². The minimum atomic E-state index is -4.96. The van der Waals surface area contributed by atoms with Gasteiger partial charge >= 0.3 is 6.36 Å². The summed E-state index contributed by atoms with van der Waals surface area (Å²) >= 11 is 0.998. The fourth-order valence-electron chi connectivity index (χ4n) is 7.40. The average Bonchev–Trinajstić information content (AvgIpc) is 3.61. The maximum atomic E-state index is 14.9. The second kappa shape index (κ2) is 21.3. The number of unbranched alkanes of at least 4 members (excludes halogenated alkanes) is 11. The van der Waals surface area contributed by atoms with Crippen molar-refractivity contribution in [3.05, 3.63) is 82.9 Å². The number of hydrogen-bond donors (Lipinski definition) is 2. The maximum Gasteiger partial charge on any atom is 0.573 e. The number of alkyl halides is 4. The molecule has 0 spiro atoms. The summed E-state index contributed by atoms with van der Waals surface area (Å²) in [6.45, 7) is 1.81. The van der Waals surface area contributed by atoms with Gasteiger partial charge < -0.3 is 15.0 Å². The first-order chi connectivity index (χ1) is 28.9. The first-order valence-electron chi connectivity index (χ1n) is 20.7. The van der Waals surface area contributed by atoms with Crippen molar-refractivity contribution in [2.24, 2.45) is 5.14 Å². The smallest absolute Gasteiger partial charge is 0.406 e. The molecule has 5 rings (SSSR count). The van der Waals surface area contributed by atoms with Gasteiger partial charge in [-0.25, -0.2) is 31.3 Å². The van der Waals surface area contributed by atoms with Crippen LogP contribution in [-0.4, -0.2) is 76.5 Å². The van der Waals surface area contributed by atoms with Crippen LogP contribution < -0.4 is 15.2 Å². The van der Waals surface area contributed by atoms with E-state index in [1.807, 2.05) is 0 Å². The molecule has 1 aliphatic heterocycles. The number of ether oxygens (including phenoxy) is 1. The summed E-state index contributed by atoms with van der Waals surface area (Å²) < 4.78 is 108. The first kappa shape index (κ1) is 47.9. The van der Waals surface area contributed by atoms with Gasteiger partial charge in [0.1, 0.15) is 16.9 Å². The Labute approximate surface area is 359 Å². The first-order valence-corrected chi connectivity index (χ1v) is 24.9. The topological polar surface area (TPSA) is 166 Å². The zero-order chi connectivity index (χ0) is 44.3. The van der Waals surface area contributed by atoms with Gasteiger partial charge in [-0.3, -0.25) is 9.59 Å². The zero-order valence-corrected chi connectivity index (χ0v) is 36.7. The van der Waals surface area contributed by atoms with Crippen LogP contribution in [-0.2, 0) is 35.2 Å². The predicted octanol–water partition coefficient (Wildman–Crippen LogP) is 8.96. The molecule has 4 aromatic rings. The summed E-state index contributed by atoms with van der Waals surface area (Å²) in [5.41, 5.74) is 2.34. The molecule has 1 atom stereocenters. The lowest BCUT2D eigenvalue weighted by Crippen LogP contribution is -2.51. The molecule has 2 amide bonds. The van der Waals surface area contributed by atoms with Gasteiger partial charge in [0.05, 0.1) is 34.8 Å². The number of amides is 2. The van der Waals surface area contributed by atoms with E-state index in [9.17, 15) is 44.0 Å². The zero-order valence-electron chi connectivity index (χ0n) is 34.2. The summed E-state index contributed by atoms with van der Waals surface area (Å²) in [7, 11) is -8.66. The van der Waals surface area contributed by atoms with Gasteiger partial charge in [0, 0.05) is 12.1 Å². The highest BCUT2D eigenvalue weighted by Gasteiger charge is 2.54. The van der Waals surface area contributed by atoms with Crippen LogP contribution in [0.1, 0.15) is 111 Å². The average molecular weight is 911 g/mol. The van der Waals surface area contributed by atoms with Crippen molar-refractivity contribution in [3.8, 4) is 16.9 Å². The third-order valence-electron chi connectivity index (χ3n) is 10.8. The number of sulfone groups is 1. The largest absolute Gasteiger partial charge is 0.573 e. The minimum Gasteiger partial charge on any atom is -0.406 e. The van der Waals surface area contributed by atoms with E-state index < -0.39 is 66.8 Å². The number of aromatic nitrogens is 1. The number of nitrogens with zero attached hydrogens (tertiary/aromatic N) is 2. The highest BCUT2D eigenvalue weighted by atomic mass is 32.2. The molecule has 11 nitrogen and oxygen atoms in total. The monoisotopic (exact) mass is 910 g/mol. The Hall–Kier alpha value is -4.13. The molecule has 0 aliphatic carbocycles. The van der Waals surface area contributed by atoms with Crippen molar-refractivity contribution < 1.29 is 48.7 Å². The van der Waals surface area contributed by atoms with E-state index in [-0.39, 0.29) is 36.0 Å². The Balaban J connectivity index is 1.45. The number of likely N-dealkylation sites (tertiary alicyclic amines) is 1. The second-order valence-electron chi connectivity index (χ2n) is 15.6. The molecule has 3 aromatic carbocycles. The Morgan fingerprint density at radius 2 is 1.41 bits per heavy atom. The molecule has 1 aromatic heterocycles. The summed E-state index contributed by atoms with van der Waals surface area (Å²) in [5.74, 6) is -3.23. The standard InChI is InChI=1S/C43H54F4N4O7S3/c1-2-3-4-5-6-7-8-9-10-11-12-13-24-42(40(53)49-25-26-61(48,56)57,60(54,55)30-31-14-21-36(22-15-31)58-43(45,46)47)41-50-37-23-20-34(27-38(37)59-41)32-16-18-33(19-17-32)39(52)51-28-35(44)29-51/h14-23,27,35H,2-13,24-26,28-30H2,1H3,(H,49,53)(H2,48,56,57). The number of nitrogens with two attached hydrogens (primary N) is 1. The number of thiazole rings is 1. The third-order valence-corrected chi connectivity index (χ3v) is 15.2. The van der Waals surface area contributed by atoms with Gasteiger partial charge in [0.2, 0.25) is 20.7 Å². The highest BCUT2D eigenvalue weighted by Crippen LogP contribution is 2.43. The summed E-state index contributed by atoms with van der Waals surface area (Å²) in [6.07, 6.45) is 5.79. The molecule has 0 radical (unpaired) electrons. The lowest BCUT2D eigenvalue weighted by Gasteiger charge is -2.34. The summed E-state index contributed by atoms with van der Waals surface area (Å²) in [5, 5.41) is 7.67. The maximum absolute atomic E-state index is 14.9. The van der Waals surface area contributed by atoms with E-state index in [0.29, 0.717) is 34.2 Å². The van der Waals surface area contributed by atoms with Crippen LogP contribution in [0.15, 0.2) is 66.7 Å². The van der Waals surface area contributed by atoms with E-state index in [2.05, 4.69) is 17.0 Å². The van der Waals surface area contributed by atoms with E-state index in [4.69, 9.17) is 10.1 Å². The van der Waals surface area contributed by atoms with E-state index in [1.54, 1.807) is 42.5 Å². The Morgan fingerprint density at radius 3 is 1.97 bits per heavy atom. The van der Waals surface area contributed by atoms with Crippen LogP contribution >= 0.6 is 11.3 Å². The molecule has 61 heavy (non-hydrogen) atoms. The van der Waals surface area contributed by atoms with Gasteiger partial charge in [-0.05, 0) is 59.5 Å². The lowest BCUT2D eigenvalue weighted by atomic mass is 9.98. The van der Waals surface area contributed by atoms with Gasteiger partial charge in [-0.1, -0.05) is 114 Å². The number of hydrogen-bond acceptors (Lipinski definition) is 9. The molecule has 3 N–H and O–H groups in total. The van der Waals surface area contributed by atoms with Crippen LogP contribution in [0.5, 0.6) is 5.75 Å². The van der Waals surface area contributed by atoms with Crippen LogP contribution in [0.4, 0.5) is 17.6 Å². The second-order valence-corrected chi connectivity index (χ2v) is 20.6. The number of nitrogens with one attached hydrogen (secondary N) is 1. The van der Waals surface area contributed by atoms with Gasteiger partial charge in [0.25, 0.3) is 5.91 Å². The number of rotatable bonds is 24. The van der Waals surface area contributed by atoms with Crippen molar-refractivity contribution in [1.82, 2.24) is 15.2 Å². The summed E-state index contributed by atoms with van der Waals surface area (Å²) in [6, 6.07) is 16.4. The van der Waals surface area contributed by atoms with Crippen molar-refractivity contribution in [3.63, 3.8) is 0 Å². The number of carbonyl (C=O) groups is 2. The molecular formula is C43H54F4N4O7S3. The molecule has 1 saturated heterocycles. The molecule has 1 aliphatic rings. The lowest BCUT2D eigenvalue weighted by molar-refractivity contribution is -0.274. The number of sulfonamides is 1. The molecule has 1 unspecified atom stereocenters. The van der Waals surface area contributed by atoms with Crippen molar-refractivity contribution >= 4 is 53.2 Å². The number of halogens is 4. The van der Waals surface area contributed by atoms with Crippen molar-refractivity contribution in [1.29, 1.82) is 0 Å². The van der Waals surface area contributed by atoms with Crippen LogP contribution in [0.3, 0.4) is 0 Å². The van der Waals surface area contributed by atoms with Crippen LogP contribution in [0, 0.1) is 0 Å². The Morgan fingerprint density at radius 1 is 0.836 bits per heavy atom. The normalized spacial score (nSPS) is 14.8. The number of primary sulfonamides is 1. The number of fused-ring (bicyclic) bond motifs is 1. The quantitative estimate of drug-likeness (QED) is 0.0520. The van der Waals surface area contributed by atoms with E-state index in [1.165, 1.54) is 49.1 Å². The predicted molar refractivity (Wildman–Crippen MR) is 230 cm³/mol. The van der Waals surface area contributed by atoms with Crippen LogP contribution in [0.25, 0.3) is 21.3 Å². The molecule has 1 fully saturated rings. The molecule has 18 heteroatoms. The SMILES string of the molecule is CCCCCCCCCCCCCCC(C(=O)NCCS(N)(=O)=O)(c1nc2ccc(-c3ccc(C(=O)N4CC(F)C4)cc3)cc2s1)S(=O)(=O)Cc1ccc(OC(F)(F)F)cc1. The van der Waals surface area contributed by atoms with Gasteiger partial charge in [-0.2, -0.15) is 0 Å². The van der Waals surface area contributed by atoms with Gasteiger partial charge in [-0.15, -0.1) is 24.5 Å².